The van der Waals surface area contributed by atoms with Gasteiger partial charge in [0.1, 0.15) is 0 Å². The van der Waals surface area contributed by atoms with Crippen LogP contribution in [0.5, 0.6) is 0 Å². The van der Waals surface area contributed by atoms with Crippen molar-refractivity contribution in [3.63, 3.8) is 0 Å². The molecule has 0 fully saturated rings. The van der Waals surface area contributed by atoms with Gasteiger partial charge in [-0.1, -0.05) is 0 Å². The summed E-state index contributed by atoms with van der Waals surface area (Å²) in [4.78, 5) is 10.6. The summed E-state index contributed by atoms with van der Waals surface area (Å²) in [5.41, 5.74) is 0.253. The van der Waals surface area contributed by atoms with Gasteiger partial charge in [0, 0.05) is 0 Å². The number of nitrogens with zero attached hydrogens (tertiary/aromatic N) is 1. The molecule has 0 aromatic carbocycles. The van der Waals surface area contributed by atoms with E-state index in [0.717, 1.165) is 6.54 Å². The van der Waals surface area contributed by atoms with Gasteiger partial charge in [-0.25, -0.2) is 0 Å². The topological polar surface area (TPSA) is 23.5 Å². The van der Waals surface area contributed by atoms with E-state index in [-0.39, 0.29) is 10.6 Å². The number of hydrogen-bond acceptors (Lipinski definition) is 2. The molecule has 1 N–H and O–H groups in total. The first-order chi connectivity index (χ1) is 5.88. The Balaban J connectivity index is 4.70. The van der Waals surface area contributed by atoms with Crippen molar-refractivity contribution in [2.75, 3.05) is 13.6 Å². The van der Waals surface area contributed by atoms with Gasteiger partial charge < -0.3 is 0 Å². The molecular formula is C10H24NOPW. The third-order valence-corrected chi connectivity index (χ3v) is 13.8. The molecule has 0 amide bonds. The average molecular weight is 389 g/mol. The first kappa shape index (κ1) is 15.0. The average Bonchev–Trinajstić information content (AvgIpc) is 1.80. The SMILES string of the molecule is CN(CC(C)(C)C)[P](O)(=[W])C(C)(C)C. The van der Waals surface area contributed by atoms with Crippen LogP contribution in [0.3, 0.4) is 0 Å². The predicted octanol–water partition coefficient (Wildman–Crippen LogP) is 3.06. The molecule has 0 saturated heterocycles. The van der Waals surface area contributed by atoms with Gasteiger partial charge in [-0.3, -0.25) is 0 Å². The first-order valence-electron chi connectivity index (χ1n) is 4.92. The zero-order valence-electron chi connectivity index (χ0n) is 10.5. The van der Waals surface area contributed by atoms with Crippen molar-refractivity contribution in [2.24, 2.45) is 5.41 Å². The molecule has 0 aromatic rings. The van der Waals surface area contributed by atoms with Gasteiger partial charge in [0.05, 0.1) is 0 Å². The molecule has 4 heteroatoms. The Kier molecular flexibility index (Phi) is 4.83. The normalized spacial score (nSPS) is 18.4. The van der Waals surface area contributed by atoms with Crippen molar-refractivity contribution in [3.8, 4) is 0 Å². The number of rotatable bonds is 2. The maximum absolute atomic E-state index is 10.6. The Morgan fingerprint density at radius 3 is 1.71 bits per heavy atom. The summed E-state index contributed by atoms with van der Waals surface area (Å²) >= 11 is 1.33. The van der Waals surface area contributed by atoms with Gasteiger partial charge in [-0.15, -0.1) is 0 Å². The Morgan fingerprint density at radius 1 is 1.14 bits per heavy atom. The fourth-order valence-electron chi connectivity index (χ4n) is 1.29. The molecule has 0 bridgehead atoms. The second kappa shape index (κ2) is 4.50. The van der Waals surface area contributed by atoms with E-state index >= 15 is 0 Å². The Labute approximate surface area is 99.3 Å². The second-order valence-electron chi connectivity index (χ2n) is 6.09. The summed E-state index contributed by atoms with van der Waals surface area (Å²) in [5.74, 6) is 0. The maximum atomic E-state index is 10.6. The van der Waals surface area contributed by atoms with E-state index in [4.69, 9.17) is 0 Å². The van der Waals surface area contributed by atoms with Gasteiger partial charge in [0.2, 0.25) is 0 Å². The molecule has 0 heterocycles. The van der Waals surface area contributed by atoms with Crippen LogP contribution in [0.2, 0.25) is 0 Å². The van der Waals surface area contributed by atoms with Crippen LogP contribution in [-0.4, -0.2) is 28.3 Å². The monoisotopic (exact) mass is 389 g/mol. The Morgan fingerprint density at radius 2 is 1.50 bits per heavy atom. The van der Waals surface area contributed by atoms with E-state index in [1.165, 1.54) is 18.8 Å². The van der Waals surface area contributed by atoms with E-state index in [2.05, 4.69) is 53.3 Å². The fourth-order valence-corrected chi connectivity index (χ4v) is 3.56. The molecule has 2 nitrogen and oxygen atoms in total. The van der Waals surface area contributed by atoms with Crippen LogP contribution in [-0.2, 0) is 18.8 Å². The van der Waals surface area contributed by atoms with Crippen LogP contribution in [0.15, 0.2) is 0 Å². The van der Waals surface area contributed by atoms with Gasteiger partial charge in [-0.05, 0) is 0 Å². The zero-order chi connectivity index (χ0) is 11.8. The summed E-state index contributed by atoms with van der Waals surface area (Å²) in [6, 6.07) is 0. The van der Waals surface area contributed by atoms with Crippen molar-refractivity contribution in [2.45, 2.75) is 46.7 Å². The van der Waals surface area contributed by atoms with E-state index in [1.807, 2.05) is 0 Å². The predicted molar refractivity (Wildman–Crippen MR) is 61.0 cm³/mol. The molecule has 0 aliphatic heterocycles. The van der Waals surface area contributed by atoms with Crippen LogP contribution in [0.4, 0.5) is 0 Å². The second-order valence-corrected chi connectivity index (χ2v) is 14.7. The third-order valence-electron chi connectivity index (χ3n) is 2.04. The Hall–Kier alpha value is 1.04. The van der Waals surface area contributed by atoms with Crippen molar-refractivity contribution in [3.05, 3.63) is 0 Å². The summed E-state index contributed by atoms with van der Waals surface area (Å²) in [5, 5.41) is -1.88. The van der Waals surface area contributed by atoms with E-state index < -0.39 is 5.27 Å². The molecule has 0 spiro atoms. The standard InChI is InChI=1S/C10H24NOP.W/c1-9(2,3)8-11(7)13(12)10(4,5)6;/h12H,8H2,1-7H3;. The van der Waals surface area contributed by atoms with Crippen LogP contribution in [0, 0.1) is 5.41 Å². The summed E-state index contributed by atoms with van der Waals surface area (Å²) in [6.07, 6.45) is 0. The fraction of sp³-hybridized carbons (Fsp3) is 1.00. The minimum absolute atomic E-state index is 0.0162. The van der Waals surface area contributed by atoms with Gasteiger partial charge in [-0.2, -0.15) is 0 Å². The van der Waals surface area contributed by atoms with Gasteiger partial charge >= 0.3 is 99.4 Å². The minimum atomic E-state index is -1.90. The number of hydrogen-bond donors (Lipinski definition) is 1. The quantitative estimate of drug-likeness (QED) is 0.735. The molecule has 1 unspecified atom stereocenters. The molecule has 0 radical (unpaired) electrons. The first-order valence-corrected chi connectivity index (χ1v) is 10.5. The van der Waals surface area contributed by atoms with Crippen molar-refractivity contribution in [1.29, 1.82) is 0 Å². The van der Waals surface area contributed by atoms with E-state index in [1.54, 1.807) is 0 Å². The van der Waals surface area contributed by atoms with Crippen molar-refractivity contribution in [1.82, 2.24) is 4.67 Å². The van der Waals surface area contributed by atoms with Crippen LogP contribution >= 0.6 is 5.27 Å². The van der Waals surface area contributed by atoms with Crippen molar-refractivity contribution >= 4 is 5.27 Å². The van der Waals surface area contributed by atoms with Crippen molar-refractivity contribution < 1.29 is 23.7 Å². The molecular weight excluding hydrogens is 365 g/mol. The van der Waals surface area contributed by atoms with E-state index in [0.29, 0.717) is 0 Å². The molecule has 0 aliphatic carbocycles. The molecule has 14 heavy (non-hydrogen) atoms. The van der Waals surface area contributed by atoms with Crippen LogP contribution in [0.1, 0.15) is 41.5 Å². The van der Waals surface area contributed by atoms with Crippen LogP contribution < -0.4 is 0 Å². The van der Waals surface area contributed by atoms with Gasteiger partial charge in [0.15, 0.2) is 0 Å². The zero-order valence-corrected chi connectivity index (χ0v) is 14.3. The van der Waals surface area contributed by atoms with Crippen LogP contribution in [0.25, 0.3) is 0 Å². The molecule has 0 saturated carbocycles. The molecule has 0 aromatic heterocycles. The van der Waals surface area contributed by atoms with Gasteiger partial charge in [0.25, 0.3) is 0 Å². The summed E-state index contributed by atoms with van der Waals surface area (Å²) in [7, 11) is 2.05. The third kappa shape index (κ3) is 4.27. The molecule has 1 atom stereocenters. The molecule has 0 rings (SSSR count). The van der Waals surface area contributed by atoms with E-state index in [9.17, 15) is 4.89 Å². The molecule has 0 aliphatic rings. The molecule has 86 valence electrons. The Bertz CT molecular complexity index is 239. The summed E-state index contributed by atoms with van der Waals surface area (Å²) < 4.78 is 2.18. The summed E-state index contributed by atoms with van der Waals surface area (Å²) in [6.45, 7) is 14.0.